The highest BCUT2D eigenvalue weighted by Crippen LogP contribution is 2.35. The van der Waals surface area contributed by atoms with Gasteiger partial charge in [-0.3, -0.25) is 4.72 Å². The molecule has 0 amide bonds. The van der Waals surface area contributed by atoms with Crippen molar-refractivity contribution < 1.29 is 12.8 Å². The number of rotatable bonds is 9. The van der Waals surface area contributed by atoms with Gasteiger partial charge < -0.3 is 10.3 Å². The van der Waals surface area contributed by atoms with E-state index in [1.165, 1.54) is 13.1 Å². The first-order valence-corrected chi connectivity index (χ1v) is 12.9. The van der Waals surface area contributed by atoms with Gasteiger partial charge in [-0.15, -0.1) is 0 Å². The monoisotopic (exact) mass is 495 g/mol. The van der Waals surface area contributed by atoms with Crippen LogP contribution in [0.25, 0.3) is 33.3 Å². The van der Waals surface area contributed by atoms with Gasteiger partial charge in [0.2, 0.25) is 5.95 Å². The summed E-state index contributed by atoms with van der Waals surface area (Å²) in [5, 5.41) is 3.95. The maximum Gasteiger partial charge on any atom is 0.301 e. The number of halogens is 1. The minimum atomic E-state index is -3.87. The quantitative estimate of drug-likeness (QED) is 0.317. The van der Waals surface area contributed by atoms with Crippen molar-refractivity contribution in [3.05, 3.63) is 54.9 Å². The topological polar surface area (TPSA) is 116 Å². The van der Waals surface area contributed by atoms with Crippen LogP contribution >= 0.6 is 0 Å². The van der Waals surface area contributed by atoms with Gasteiger partial charge in [-0.1, -0.05) is 19.1 Å². The SMILES string of the molecule is CCCN(C)S(=O)(=O)Nc1cccc(-c2c[nH]c3ncc(-c4cnc(NC5CC5)nc4)cc23)c1F. The minimum absolute atomic E-state index is 0.115. The number of aromatic amines is 1. The lowest BCUT2D eigenvalue weighted by atomic mass is 10.0. The molecule has 0 aliphatic heterocycles. The molecule has 1 aliphatic rings. The fourth-order valence-electron chi connectivity index (χ4n) is 3.82. The smallest absolute Gasteiger partial charge is 0.301 e. The van der Waals surface area contributed by atoms with Crippen LogP contribution in [0.15, 0.2) is 49.1 Å². The second-order valence-corrected chi connectivity index (χ2v) is 10.4. The molecule has 1 aromatic carbocycles. The van der Waals surface area contributed by atoms with Crippen LogP contribution in [-0.4, -0.2) is 52.3 Å². The highest BCUT2D eigenvalue weighted by Gasteiger charge is 2.22. The first-order valence-electron chi connectivity index (χ1n) is 11.4. The Morgan fingerprint density at radius 1 is 1.11 bits per heavy atom. The van der Waals surface area contributed by atoms with E-state index >= 15 is 4.39 Å². The Kier molecular flexibility index (Phi) is 6.12. The molecule has 9 nitrogen and oxygen atoms in total. The van der Waals surface area contributed by atoms with Crippen molar-refractivity contribution in [1.29, 1.82) is 0 Å². The molecule has 1 saturated carbocycles. The molecule has 0 unspecified atom stereocenters. The number of pyridine rings is 1. The summed E-state index contributed by atoms with van der Waals surface area (Å²) in [6, 6.07) is 6.99. The molecule has 0 bridgehead atoms. The molecule has 0 radical (unpaired) electrons. The van der Waals surface area contributed by atoms with Crippen LogP contribution in [0.4, 0.5) is 16.0 Å². The van der Waals surface area contributed by atoms with Crippen molar-refractivity contribution in [2.24, 2.45) is 0 Å². The van der Waals surface area contributed by atoms with Gasteiger partial charge in [0, 0.05) is 72.1 Å². The van der Waals surface area contributed by atoms with E-state index in [1.54, 1.807) is 36.9 Å². The van der Waals surface area contributed by atoms with Crippen LogP contribution in [0.1, 0.15) is 26.2 Å². The minimum Gasteiger partial charge on any atom is -0.351 e. The van der Waals surface area contributed by atoms with E-state index in [0.717, 1.165) is 28.3 Å². The third-order valence-corrected chi connectivity index (χ3v) is 7.38. The van der Waals surface area contributed by atoms with Gasteiger partial charge >= 0.3 is 10.2 Å². The van der Waals surface area contributed by atoms with Crippen molar-refractivity contribution in [3.63, 3.8) is 0 Å². The summed E-state index contributed by atoms with van der Waals surface area (Å²) in [6.45, 7) is 2.20. The third kappa shape index (κ3) is 4.82. The Labute approximate surface area is 203 Å². The standard InChI is InChI=1S/C24H26FN7O2S/c1-3-9-32(2)35(33,34)31-21-6-4-5-18(22(21)25)20-14-27-23-19(20)10-15(11-26-23)16-12-28-24(29-13-16)30-17-7-8-17/h4-6,10-14,17,31H,3,7-9H2,1-2H3,(H,26,27)(H,28,29,30). The molecule has 11 heteroatoms. The van der Waals surface area contributed by atoms with Gasteiger partial charge in [-0.05, 0) is 31.4 Å². The Bertz CT molecular complexity index is 1470. The molecule has 4 aromatic rings. The summed E-state index contributed by atoms with van der Waals surface area (Å²) in [7, 11) is -2.41. The predicted molar refractivity (Wildman–Crippen MR) is 135 cm³/mol. The average Bonchev–Trinajstić information content (AvgIpc) is 3.56. The van der Waals surface area contributed by atoms with Crippen LogP contribution in [0.2, 0.25) is 0 Å². The van der Waals surface area contributed by atoms with Gasteiger partial charge in [0.05, 0.1) is 5.69 Å². The van der Waals surface area contributed by atoms with Gasteiger partial charge in [0.1, 0.15) is 5.65 Å². The van der Waals surface area contributed by atoms with Crippen LogP contribution in [0, 0.1) is 5.82 Å². The Balaban J connectivity index is 1.48. The van der Waals surface area contributed by atoms with E-state index in [2.05, 4.69) is 30.0 Å². The van der Waals surface area contributed by atoms with Gasteiger partial charge in [-0.2, -0.15) is 12.7 Å². The van der Waals surface area contributed by atoms with E-state index in [0.29, 0.717) is 41.6 Å². The van der Waals surface area contributed by atoms with Gasteiger partial charge in [0.15, 0.2) is 5.82 Å². The number of anilines is 2. The molecule has 3 aromatic heterocycles. The lowest BCUT2D eigenvalue weighted by molar-refractivity contribution is 0.473. The molecule has 35 heavy (non-hydrogen) atoms. The van der Waals surface area contributed by atoms with E-state index in [4.69, 9.17) is 0 Å². The van der Waals surface area contributed by atoms with E-state index in [1.807, 2.05) is 13.0 Å². The summed E-state index contributed by atoms with van der Waals surface area (Å²) < 4.78 is 44.1. The molecule has 182 valence electrons. The molecule has 1 fully saturated rings. The van der Waals surface area contributed by atoms with Crippen LogP contribution in [0.5, 0.6) is 0 Å². The van der Waals surface area contributed by atoms with Crippen molar-refractivity contribution in [2.75, 3.05) is 23.6 Å². The van der Waals surface area contributed by atoms with Crippen molar-refractivity contribution >= 4 is 32.9 Å². The molecular formula is C24H26FN7O2S. The summed E-state index contributed by atoms with van der Waals surface area (Å²) in [4.78, 5) is 16.3. The van der Waals surface area contributed by atoms with E-state index < -0.39 is 16.0 Å². The fourth-order valence-corrected chi connectivity index (χ4v) is 4.83. The van der Waals surface area contributed by atoms with Crippen molar-refractivity contribution in [3.8, 4) is 22.3 Å². The molecular weight excluding hydrogens is 469 g/mol. The molecule has 3 heterocycles. The van der Waals surface area contributed by atoms with Crippen LogP contribution < -0.4 is 10.0 Å². The lowest BCUT2D eigenvalue weighted by Crippen LogP contribution is -2.33. The Hall–Kier alpha value is -3.57. The zero-order chi connectivity index (χ0) is 24.6. The molecule has 3 N–H and O–H groups in total. The number of H-pyrrole nitrogens is 1. The number of nitrogens with one attached hydrogen (secondary N) is 3. The number of aromatic nitrogens is 4. The van der Waals surface area contributed by atoms with Crippen LogP contribution in [-0.2, 0) is 10.2 Å². The maximum absolute atomic E-state index is 15.5. The molecule has 0 atom stereocenters. The third-order valence-electron chi connectivity index (χ3n) is 5.90. The van der Waals surface area contributed by atoms with Gasteiger partial charge in [-0.25, -0.2) is 19.3 Å². The summed E-state index contributed by atoms with van der Waals surface area (Å²) in [5.41, 5.74) is 2.88. The van der Waals surface area contributed by atoms with Crippen molar-refractivity contribution in [1.82, 2.24) is 24.2 Å². The normalized spacial score (nSPS) is 13.9. The molecule has 0 spiro atoms. The highest BCUT2D eigenvalue weighted by atomic mass is 32.2. The molecule has 0 saturated heterocycles. The van der Waals surface area contributed by atoms with Crippen LogP contribution in [0.3, 0.4) is 0 Å². The first kappa shape index (κ1) is 23.2. The summed E-state index contributed by atoms with van der Waals surface area (Å²) in [5.74, 6) is -0.0651. The number of hydrogen-bond donors (Lipinski definition) is 3. The fraction of sp³-hybridized carbons (Fsp3) is 0.292. The lowest BCUT2D eigenvalue weighted by Gasteiger charge is -2.18. The number of hydrogen-bond acceptors (Lipinski definition) is 6. The Morgan fingerprint density at radius 2 is 1.86 bits per heavy atom. The highest BCUT2D eigenvalue weighted by molar-refractivity contribution is 7.90. The average molecular weight is 496 g/mol. The zero-order valence-corrected chi connectivity index (χ0v) is 20.2. The number of fused-ring (bicyclic) bond motifs is 1. The Morgan fingerprint density at radius 3 is 2.57 bits per heavy atom. The molecule has 5 rings (SSSR count). The number of benzene rings is 1. The largest absolute Gasteiger partial charge is 0.351 e. The summed E-state index contributed by atoms with van der Waals surface area (Å²) in [6.07, 6.45) is 9.76. The zero-order valence-electron chi connectivity index (χ0n) is 19.4. The molecule has 1 aliphatic carbocycles. The maximum atomic E-state index is 15.5. The predicted octanol–water partition coefficient (Wildman–Crippen LogP) is 4.40. The second-order valence-electron chi connectivity index (χ2n) is 8.63. The van der Waals surface area contributed by atoms with Crippen molar-refractivity contribution in [2.45, 2.75) is 32.2 Å². The summed E-state index contributed by atoms with van der Waals surface area (Å²) >= 11 is 0. The van der Waals surface area contributed by atoms with E-state index in [9.17, 15) is 8.42 Å². The van der Waals surface area contributed by atoms with Gasteiger partial charge in [0.25, 0.3) is 0 Å². The number of nitrogens with zero attached hydrogens (tertiary/aromatic N) is 4. The second kappa shape index (κ2) is 9.23. The first-order chi connectivity index (χ1) is 16.9. The van der Waals surface area contributed by atoms with E-state index in [-0.39, 0.29) is 11.3 Å².